The molecule has 0 aromatic carbocycles. The van der Waals surface area contributed by atoms with Crippen LogP contribution in [0.25, 0.3) is 0 Å². The number of ether oxygens (including phenoxy) is 2. The summed E-state index contributed by atoms with van der Waals surface area (Å²) in [5.74, 6) is -0.949. The quantitative estimate of drug-likeness (QED) is 0.166. The van der Waals surface area contributed by atoms with Gasteiger partial charge in [0, 0.05) is 12.2 Å². The van der Waals surface area contributed by atoms with Crippen LogP contribution in [0.3, 0.4) is 0 Å². The second kappa shape index (κ2) is 14.6. The lowest BCUT2D eigenvalue weighted by molar-refractivity contribution is -0.151. The Morgan fingerprint density at radius 2 is 0.967 bits per heavy atom. The van der Waals surface area contributed by atoms with Crippen LogP contribution in [0.1, 0.15) is 120 Å². The van der Waals surface area contributed by atoms with Crippen molar-refractivity contribution in [2.75, 3.05) is 0 Å². The van der Waals surface area contributed by atoms with E-state index in [1.54, 1.807) is 0 Å². The van der Waals surface area contributed by atoms with Gasteiger partial charge in [-0.15, -0.1) is 0 Å². The molecule has 0 aliphatic carbocycles. The molecule has 30 heavy (non-hydrogen) atoms. The van der Waals surface area contributed by atoms with Crippen LogP contribution < -0.4 is 0 Å². The third-order valence-electron chi connectivity index (χ3n) is 5.44. The number of esters is 2. The van der Waals surface area contributed by atoms with Crippen molar-refractivity contribution in [1.82, 2.24) is 0 Å². The highest BCUT2D eigenvalue weighted by Gasteiger charge is 2.28. The van der Waals surface area contributed by atoms with Crippen molar-refractivity contribution in [3.05, 3.63) is 12.2 Å². The predicted molar refractivity (Wildman–Crippen MR) is 125 cm³/mol. The van der Waals surface area contributed by atoms with E-state index in [-0.39, 0.29) is 23.0 Å². The third kappa shape index (κ3) is 13.8. The molecule has 4 heteroatoms. The van der Waals surface area contributed by atoms with Crippen LogP contribution in [0.2, 0.25) is 0 Å². The van der Waals surface area contributed by atoms with Crippen LogP contribution in [-0.2, 0) is 19.1 Å². The largest absolute Gasteiger partial charge is 0.459 e. The highest BCUT2D eigenvalue weighted by atomic mass is 16.5. The average molecular weight is 425 g/mol. The summed E-state index contributed by atoms with van der Waals surface area (Å²) in [7, 11) is 0. The Morgan fingerprint density at radius 1 is 0.633 bits per heavy atom. The fourth-order valence-electron chi connectivity index (χ4n) is 3.35. The maximum Gasteiger partial charge on any atom is 0.331 e. The summed E-state index contributed by atoms with van der Waals surface area (Å²) >= 11 is 0. The van der Waals surface area contributed by atoms with Gasteiger partial charge in [0.05, 0.1) is 0 Å². The van der Waals surface area contributed by atoms with E-state index >= 15 is 0 Å². The molecule has 176 valence electrons. The standard InChI is InChI=1S/C26H48O4/c1-9-11-13-15-17-21(25(3,4)5)29-23(27)19-20-24(28)30-22(26(6,7)8)18-16-14-12-10-2/h19-22H,9-18H2,1-8H3. The summed E-state index contributed by atoms with van der Waals surface area (Å²) < 4.78 is 11.4. The molecule has 0 heterocycles. The Morgan fingerprint density at radius 3 is 1.23 bits per heavy atom. The van der Waals surface area contributed by atoms with Gasteiger partial charge in [-0.2, -0.15) is 0 Å². The highest BCUT2D eigenvalue weighted by molar-refractivity contribution is 5.91. The van der Waals surface area contributed by atoms with E-state index in [0.29, 0.717) is 0 Å². The van der Waals surface area contributed by atoms with Crippen molar-refractivity contribution in [2.45, 2.75) is 132 Å². The maximum absolute atomic E-state index is 12.3. The van der Waals surface area contributed by atoms with Gasteiger partial charge >= 0.3 is 11.9 Å². The Kier molecular flexibility index (Phi) is 14.0. The molecule has 0 saturated carbocycles. The number of carbonyl (C=O) groups excluding carboxylic acids is 2. The zero-order chi connectivity index (χ0) is 23.2. The van der Waals surface area contributed by atoms with Gasteiger partial charge in [0.1, 0.15) is 12.2 Å². The molecule has 0 aromatic rings. The van der Waals surface area contributed by atoms with Gasteiger partial charge in [-0.3, -0.25) is 0 Å². The molecule has 2 unspecified atom stereocenters. The normalized spacial score (nSPS) is 14.5. The van der Waals surface area contributed by atoms with Gasteiger partial charge in [-0.1, -0.05) is 93.9 Å². The summed E-state index contributed by atoms with van der Waals surface area (Å²) in [5, 5.41) is 0. The van der Waals surface area contributed by atoms with E-state index in [2.05, 4.69) is 55.4 Å². The zero-order valence-electron chi connectivity index (χ0n) is 21.0. The summed E-state index contributed by atoms with van der Waals surface area (Å²) in [6.45, 7) is 16.8. The third-order valence-corrected chi connectivity index (χ3v) is 5.44. The van der Waals surface area contributed by atoms with E-state index in [1.807, 2.05) is 0 Å². The number of hydrogen-bond donors (Lipinski definition) is 0. The SMILES string of the molecule is CCCCCCC(OC(=O)C=CC(=O)OC(CCCCCC)C(C)(C)C)C(C)(C)C. The van der Waals surface area contributed by atoms with Gasteiger partial charge in [0.25, 0.3) is 0 Å². The average Bonchev–Trinajstić information content (AvgIpc) is 2.63. The Balaban J connectivity index is 4.73. The first-order valence-electron chi connectivity index (χ1n) is 12.0. The van der Waals surface area contributed by atoms with Crippen LogP contribution in [0.15, 0.2) is 12.2 Å². The van der Waals surface area contributed by atoms with Crippen LogP contribution in [0.4, 0.5) is 0 Å². The second-order valence-electron chi connectivity index (χ2n) is 10.6. The molecule has 0 aliphatic rings. The molecule has 0 bridgehead atoms. The van der Waals surface area contributed by atoms with Crippen molar-refractivity contribution < 1.29 is 19.1 Å². The highest BCUT2D eigenvalue weighted by Crippen LogP contribution is 2.28. The van der Waals surface area contributed by atoms with Gasteiger partial charge in [-0.05, 0) is 36.5 Å². The lowest BCUT2D eigenvalue weighted by atomic mass is 9.85. The van der Waals surface area contributed by atoms with E-state index in [1.165, 1.54) is 37.8 Å². The lowest BCUT2D eigenvalue weighted by Crippen LogP contribution is -2.32. The summed E-state index contributed by atoms with van der Waals surface area (Å²) in [5.41, 5.74) is -0.266. The van der Waals surface area contributed by atoms with Gasteiger partial charge in [0.2, 0.25) is 0 Å². The maximum atomic E-state index is 12.3. The molecule has 0 spiro atoms. The molecule has 2 atom stereocenters. The van der Waals surface area contributed by atoms with Gasteiger partial charge in [-0.25, -0.2) is 9.59 Å². The first-order chi connectivity index (χ1) is 13.9. The number of hydrogen-bond acceptors (Lipinski definition) is 4. The molecule has 0 amide bonds. The predicted octanol–water partition coefficient (Wildman–Crippen LogP) is 7.40. The Bertz CT molecular complexity index is 462. The summed E-state index contributed by atoms with van der Waals surface area (Å²) in [6.07, 6.45) is 12.9. The molecule has 0 saturated heterocycles. The molecular formula is C26H48O4. The molecule has 0 rings (SSSR count). The Labute approximate surface area is 186 Å². The molecule has 0 radical (unpaired) electrons. The minimum absolute atomic E-state index is 0.133. The van der Waals surface area contributed by atoms with Gasteiger partial charge < -0.3 is 9.47 Å². The minimum Gasteiger partial charge on any atom is -0.459 e. The van der Waals surface area contributed by atoms with E-state index in [9.17, 15) is 9.59 Å². The Hall–Kier alpha value is -1.32. The number of carbonyl (C=O) groups is 2. The molecule has 0 N–H and O–H groups in total. The fraction of sp³-hybridized carbons (Fsp3) is 0.846. The van der Waals surface area contributed by atoms with Crippen LogP contribution in [-0.4, -0.2) is 24.1 Å². The lowest BCUT2D eigenvalue weighted by Gasteiger charge is -2.30. The van der Waals surface area contributed by atoms with Crippen molar-refractivity contribution in [3.63, 3.8) is 0 Å². The first kappa shape index (κ1) is 28.7. The molecule has 0 fully saturated rings. The monoisotopic (exact) mass is 424 g/mol. The van der Waals surface area contributed by atoms with Crippen LogP contribution in [0, 0.1) is 10.8 Å². The van der Waals surface area contributed by atoms with Crippen molar-refractivity contribution in [2.24, 2.45) is 10.8 Å². The van der Waals surface area contributed by atoms with Crippen molar-refractivity contribution >= 4 is 11.9 Å². The smallest absolute Gasteiger partial charge is 0.331 e. The van der Waals surface area contributed by atoms with Crippen molar-refractivity contribution in [3.8, 4) is 0 Å². The zero-order valence-corrected chi connectivity index (χ0v) is 21.0. The molecule has 0 aromatic heterocycles. The summed E-state index contributed by atoms with van der Waals surface area (Å²) in [6, 6.07) is 0. The van der Waals surface area contributed by atoms with E-state index < -0.39 is 11.9 Å². The summed E-state index contributed by atoms with van der Waals surface area (Å²) in [4.78, 5) is 24.6. The second-order valence-corrected chi connectivity index (χ2v) is 10.6. The van der Waals surface area contributed by atoms with Crippen LogP contribution in [0.5, 0.6) is 0 Å². The molecule has 4 nitrogen and oxygen atoms in total. The fourth-order valence-corrected chi connectivity index (χ4v) is 3.35. The molecule has 0 aliphatic heterocycles. The number of unbranched alkanes of at least 4 members (excludes halogenated alkanes) is 6. The number of rotatable bonds is 14. The topological polar surface area (TPSA) is 52.6 Å². The minimum atomic E-state index is -0.474. The van der Waals surface area contributed by atoms with Crippen molar-refractivity contribution in [1.29, 1.82) is 0 Å². The first-order valence-corrected chi connectivity index (χ1v) is 12.0. The van der Waals surface area contributed by atoms with Crippen LogP contribution >= 0.6 is 0 Å². The molecular weight excluding hydrogens is 376 g/mol. The van der Waals surface area contributed by atoms with Gasteiger partial charge in [0.15, 0.2) is 0 Å². The van der Waals surface area contributed by atoms with E-state index in [0.717, 1.165) is 38.5 Å². The van der Waals surface area contributed by atoms with E-state index in [4.69, 9.17) is 9.47 Å².